The Bertz CT molecular complexity index is 390. The molecule has 0 heterocycles. The van der Waals surface area contributed by atoms with E-state index >= 15 is 0 Å². The molecule has 2 atom stereocenters. The van der Waals surface area contributed by atoms with E-state index in [1.54, 1.807) is 7.11 Å². The largest absolute Gasteiger partial charge is 0.496 e. The molecule has 0 amide bonds. The van der Waals surface area contributed by atoms with E-state index in [1.165, 1.54) is 18.4 Å². The van der Waals surface area contributed by atoms with Crippen molar-refractivity contribution in [3.05, 3.63) is 28.8 Å². The molecule has 17 heavy (non-hydrogen) atoms. The minimum absolute atomic E-state index is 0.393. The highest BCUT2D eigenvalue weighted by molar-refractivity contribution is 6.30. The number of benzene rings is 1. The Balaban J connectivity index is 2.15. The summed E-state index contributed by atoms with van der Waals surface area (Å²) < 4.78 is 5.41. The summed E-state index contributed by atoms with van der Waals surface area (Å²) in [5.41, 5.74) is 1.18. The van der Waals surface area contributed by atoms with Crippen LogP contribution < -0.4 is 10.1 Å². The lowest BCUT2D eigenvalue weighted by Crippen LogP contribution is -2.32. The molecule has 1 aromatic rings. The van der Waals surface area contributed by atoms with Crippen molar-refractivity contribution >= 4 is 11.6 Å². The Morgan fingerprint density at radius 3 is 2.65 bits per heavy atom. The van der Waals surface area contributed by atoms with Crippen molar-refractivity contribution in [3.63, 3.8) is 0 Å². The quantitative estimate of drug-likeness (QED) is 0.866. The van der Waals surface area contributed by atoms with Gasteiger partial charge in [0.25, 0.3) is 0 Å². The zero-order chi connectivity index (χ0) is 12.4. The number of rotatable bonds is 5. The highest BCUT2D eigenvalue weighted by Gasteiger charge is 2.26. The normalized spacial score (nSPS) is 18.8. The molecule has 2 rings (SSSR count). The number of hydrogen-bond acceptors (Lipinski definition) is 2. The highest BCUT2D eigenvalue weighted by atomic mass is 35.5. The van der Waals surface area contributed by atoms with Crippen LogP contribution in [0.4, 0.5) is 0 Å². The maximum absolute atomic E-state index is 6.06. The molecule has 1 aliphatic carbocycles. The van der Waals surface area contributed by atoms with Crippen LogP contribution in [0.3, 0.4) is 0 Å². The van der Waals surface area contributed by atoms with Gasteiger partial charge in [0.1, 0.15) is 5.75 Å². The van der Waals surface area contributed by atoms with Gasteiger partial charge in [0.15, 0.2) is 0 Å². The summed E-state index contributed by atoms with van der Waals surface area (Å²) in [5.74, 6) is 1.32. The van der Waals surface area contributed by atoms with Crippen molar-refractivity contribution in [1.82, 2.24) is 5.32 Å². The first kappa shape index (κ1) is 12.7. The highest BCUT2D eigenvalue weighted by Crippen LogP contribution is 2.32. The molecule has 0 aromatic heterocycles. The van der Waals surface area contributed by atoms with Crippen LogP contribution in [0.1, 0.15) is 38.2 Å². The van der Waals surface area contributed by atoms with Gasteiger partial charge in [-0.2, -0.15) is 0 Å². The lowest BCUT2D eigenvalue weighted by atomic mass is 9.93. The number of ether oxygens (including phenoxy) is 1. The second kappa shape index (κ2) is 5.28. The molecule has 1 fully saturated rings. The topological polar surface area (TPSA) is 21.3 Å². The molecule has 2 unspecified atom stereocenters. The smallest absolute Gasteiger partial charge is 0.122 e. The summed E-state index contributed by atoms with van der Waals surface area (Å²) in [6, 6.07) is 6.98. The van der Waals surface area contributed by atoms with E-state index in [1.807, 2.05) is 18.2 Å². The number of halogens is 1. The van der Waals surface area contributed by atoms with E-state index in [9.17, 15) is 0 Å². The van der Waals surface area contributed by atoms with Gasteiger partial charge in [-0.3, -0.25) is 0 Å². The molecule has 94 valence electrons. The maximum Gasteiger partial charge on any atom is 0.122 e. The van der Waals surface area contributed by atoms with Gasteiger partial charge in [-0.15, -0.1) is 0 Å². The molecule has 0 saturated heterocycles. The van der Waals surface area contributed by atoms with Gasteiger partial charge < -0.3 is 10.1 Å². The molecule has 3 heteroatoms. The fourth-order valence-corrected chi connectivity index (χ4v) is 2.28. The van der Waals surface area contributed by atoms with E-state index in [0.29, 0.717) is 12.0 Å². The van der Waals surface area contributed by atoms with Crippen LogP contribution in [0, 0.1) is 0 Å². The van der Waals surface area contributed by atoms with Crippen LogP contribution >= 0.6 is 11.6 Å². The van der Waals surface area contributed by atoms with Crippen LogP contribution in [-0.2, 0) is 0 Å². The van der Waals surface area contributed by atoms with Crippen molar-refractivity contribution < 1.29 is 4.74 Å². The minimum Gasteiger partial charge on any atom is -0.496 e. The van der Waals surface area contributed by atoms with Crippen molar-refractivity contribution in [3.8, 4) is 5.75 Å². The van der Waals surface area contributed by atoms with E-state index in [4.69, 9.17) is 16.3 Å². The second-order valence-corrected chi connectivity index (χ2v) is 5.34. The van der Waals surface area contributed by atoms with Gasteiger partial charge in [0.2, 0.25) is 0 Å². The fraction of sp³-hybridized carbons (Fsp3) is 0.571. The Morgan fingerprint density at radius 2 is 2.06 bits per heavy atom. The fourth-order valence-electron chi connectivity index (χ4n) is 2.10. The van der Waals surface area contributed by atoms with E-state index in [-0.39, 0.29) is 0 Å². The molecule has 0 bridgehead atoms. The molecule has 2 nitrogen and oxygen atoms in total. The van der Waals surface area contributed by atoms with Crippen LogP contribution in [0.2, 0.25) is 5.02 Å². The van der Waals surface area contributed by atoms with Crippen LogP contribution in [0.25, 0.3) is 0 Å². The predicted octanol–water partition coefficient (Wildman–Crippen LogP) is 3.59. The first-order valence-corrected chi connectivity index (χ1v) is 6.59. The van der Waals surface area contributed by atoms with Gasteiger partial charge in [-0.05, 0) is 49.4 Å². The summed E-state index contributed by atoms with van der Waals surface area (Å²) in [4.78, 5) is 0. The standard InChI is InChI=1S/C14H20ClNO/c1-9(10(2)16-12-5-6-12)13-8-11(15)4-7-14(13)17-3/h4,7-10,12,16H,5-6H2,1-3H3. The molecule has 1 saturated carbocycles. The molecule has 0 radical (unpaired) electrons. The van der Waals surface area contributed by atoms with E-state index in [2.05, 4.69) is 19.2 Å². The Morgan fingerprint density at radius 1 is 1.35 bits per heavy atom. The lowest BCUT2D eigenvalue weighted by Gasteiger charge is -2.23. The average molecular weight is 254 g/mol. The zero-order valence-electron chi connectivity index (χ0n) is 10.7. The van der Waals surface area contributed by atoms with Gasteiger partial charge in [0.05, 0.1) is 7.11 Å². The number of methoxy groups -OCH3 is 1. The monoisotopic (exact) mass is 253 g/mol. The van der Waals surface area contributed by atoms with Gasteiger partial charge >= 0.3 is 0 Å². The van der Waals surface area contributed by atoms with Gasteiger partial charge in [0, 0.05) is 17.1 Å². The third-order valence-corrected chi connectivity index (χ3v) is 3.74. The van der Waals surface area contributed by atoms with Crippen molar-refractivity contribution in [2.45, 2.75) is 44.7 Å². The zero-order valence-corrected chi connectivity index (χ0v) is 11.4. The molecule has 1 N–H and O–H groups in total. The Hall–Kier alpha value is -0.730. The first-order chi connectivity index (χ1) is 8.11. The first-order valence-electron chi connectivity index (χ1n) is 6.21. The van der Waals surface area contributed by atoms with E-state index in [0.717, 1.165) is 16.8 Å². The third kappa shape index (κ3) is 3.14. The summed E-state index contributed by atoms with van der Waals surface area (Å²) in [7, 11) is 1.71. The van der Waals surface area contributed by atoms with Crippen molar-refractivity contribution in [2.24, 2.45) is 0 Å². The summed E-state index contributed by atoms with van der Waals surface area (Å²) >= 11 is 6.06. The van der Waals surface area contributed by atoms with Crippen LogP contribution in [0.5, 0.6) is 5.75 Å². The van der Waals surface area contributed by atoms with Crippen LogP contribution in [0.15, 0.2) is 18.2 Å². The molecule has 0 spiro atoms. The molecule has 0 aliphatic heterocycles. The molecule has 1 aromatic carbocycles. The van der Waals surface area contributed by atoms with Gasteiger partial charge in [-0.25, -0.2) is 0 Å². The molecule has 1 aliphatic rings. The molecular formula is C14H20ClNO. The maximum atomic E-state index is 6.06. The van der Waals surface area contributed by atoms with Crippen molar-refractivity contribution in [2.75, 3.05) is 7.11 Å². The third-order valence-electron chi connectivity index (χ3n) is 3.51. The second-order valence-electron chi connectivity index (χ2n) is 4.90. The average Bonchev–Trinajstić information content (AvgIpc) is 3.11. The lowest BCUT2D eigenvalue weighted by molar-refractivity contribution is 0.396. The summed E-state index contributed by atoms with van der Waals surface area (Å²) in [6.07, 6.45) is 2.62. The summed E-state index contributed by atoms with van der Waals surface area (Å²) in [5, 5.41) is 4.39. The predicted molar refractivity (Wildman–Crippen MR) is 72.0 cm³/mol. The minimum atomic E-state index is 0.393. The van der Waals surface area contributed by atoms with Crippen molar-refractivity contribution in [1.29, 1.82) is 0 Å². The number of nitrogens with one attached hydrogen (secondary N) is 1. The van der Waals surface area contributed by atoms with Crippen LogP contribution in [-0.4, -0.2) is 19.2 Å². The SMILES string of the molecule is COc1ccc(Cl)cc1C(C)C(C)NC1CC1. The Kier molecular flexibility index (Phi) is 3.95. The Labute approximate surface area is 108 Å². The van der Waals surface area contributed by atoms with Gasteiger partial charge in [-0.1, -0.05) is 18.5 Å². The van der Waals surface area contributed by atoms with E-state index < -0.39 is 0 Å². The number of hydrogen-bond donors (Lipinski definition) is 1. The molecular weight excluding hydrogens is 234 g/mol. The summed E-state index contributed by atoms with van der Waals surface area (Å²) in [6.45, 7) is 4.44.